The lowest BCUT2D eigenvalue weighted by Gasteiger charge is -2.20. The second kappa shape index (κ2) is 18.7. The second-order valence-electron chi connectivity index (χ2n) is 11.8. The van der Waals surface area contributed by atoms with Crippen molar-refractivity contribution in [2.45, 2.75) is 52.5 Å². The summed E-state index contributed by atoms with van der Waals surface area (Å²) in [4.78, 5) is 97.7. The Morgan fingerprint density at radius 1 is 0.696 bits per heavy atom. The molecule has 46 heavy (non-hydrogen) atoms. The molecule has 0 saturated carbocycles. The van der Waals surface area contributed by atoms with Gasteiger partial charge in [0.05, 0.1) is 19.6 Å². The summed E-state index contributed by atoms with van der Waals surface area (Å²) in [6.45, 7) is 5.35. The van der Waals surface area contributed by atoms with Crippen LogP contribution in [0.2, 0.25) is 0 Å². The molecule has 2 rings (SSSR count). The lowest BCUT2D eigenvalue weighted by Crippen LogP contribution is -2.52. The molecule has 0 aromatic heterocycles. The molecule has 15 heteroatoms. The third-order valence-electron chi connectivity index (χ3n) is 6.43. The first-order valence-corrected chi connectivity index (χ1v) is 14.9. The number of hydrogen-bond donors (Lipinski definition) is 6. The highest BCUT2D eigenvalue weighted by Crippen LogP contribution is 2.10. The zero-order valence-electron chi connectivity index (χ0n) is 26.4. The van der Waals surface area contributed by atoms with E-state index < -0.39 is 48.0 Å². The monoisotopic (exact) mass is 641 g/mol. The molecule has 0 spiro atoms. The lowest BCUT2D eigenvalue weighted by molar-refractivity contribution is -0.137. The van der Waals surface area contributed by atoms with E-state index in [1.54, 1.807) is 24.3 Å². The van der Waals surface area contributed by atoms with Crippen molar-refractivity contribution >= 4 is 47.3 Å². The normalized spacial score (nSPS) is 13.1. The van der Waals surface area contributed by atoms with Crippen LogP contribution in [0.15, 0.2) is 42.5 Å². The molecule has 250 valence electrons. The van der Waals surface area contributed by atoms with Gasteiger partial charge in [-0.05, 0) is 17.4 Å². The van der Waals surface area contributed by atoms with Crippen LogP contribution < -0.4 is 31.9 Å². The standard InChI is InChI=1S/C31H43N7O8/c1-31(2,3)20-36-26(42)18-35-30(46)22(16-21-8-5-4-6-9-21)37-27(43)19-34-25(41)17-33-23(39)10-7-14-32-24(40)13-15-38-28(44)11-12-29(38)45/h4-6,8-9,11-12,22H,7,10,13-20H2,1-3H3,(H,32,40)(H,33,39)(H,34,41)(H,35,46)(H,36,42)(H,37,43). The number of rotatable bonds is 18. The van der Waals surface area contributed by atoms with Crippen molar-refractivity contribution in [2.24, 2.45) is 5.41 Å². The van der Waals surface area contributed by atoms with E-state index in [2.05, 4.69) is 31.9 Å². The van der Waals surface area contributed by atoms with Crippen molar-refractivity contribution < 1.29 is 38.4 Å². The van der Waals surface area contributed by atoms with Gasteiger partial charge >= 0.3 is 0 Å². The Morgan fingerprint density at radius 3 is 1.91 bits per heavy atom. The summed E-state index contributed by atoms with van der Waals surface area (Å²) >= 11 is 0. The SMILES string of the molecule is CC(C)(C)CNC(=O)CNC(=O)C(Cc1ccccc1)NC(=O)CNC(=O)CNC(=O)CCCNC(=O)CCN1C(=O)C=CC1=O. The van der Waals surface area contributed by atoms with Crippen LogP contribution in [-0.2, 0) is 44.8 Å². The fourth-order valence-electron chi connectivity index (χ4n) is 3.96. The van der Waals surface area contributed by atoms with Crippen LogP contribution >= 0.6 is 0 Å². The van der Waals surface area contributed by atoms with Crippen molar-refractivity contribution in [3.63, 3.8) is 0 Å². The van der Waals surface area contributed by atoms with Crippen molar-refractivity contribution in [1.29, 1.82) is 0 Å². The highest BCUT2D eigenvalue weighted by Gasteiger charge is 2.24. The van der Waals surface area contributed by atoms with Gasteiger partial charge in [-0.3, -0.25) is 43.3 Å². The predicted octanol–water partition coefficient (Wildman–Crippen LogP) is -1.56. The summed E-state index contributed by atoms with van der Waals surface area (Å²) in [6.07, 6.45) is 2.67. The van der Waals surface area contributed by atoms with Crippen LogP contribution in [0, 0.1) is 5.41 Å². The Hall–Kier alpha value is -5.08. The van der Waals surface area contributed by atoms with Crippen LogP contribution in [0.4, 0.5) is 0 Å². The summed E-state index contributed by atoms with van der Waals surface area (Å²) in [5, 5.41) is 15.2. The highest BCUT2D eigenvalue weighted by atomic mass is 16.2. The molecule has 0 bridgehead atoms. The Bertz CT molecular complexity index is 1290. The first kappa shape index (κ1) is 37.1. The first-order chi connectivity index (χ1) is 21.7. The molecule has 1 aromatic rings. The molecule has 0 aliphatic carbocycles. The number of imide groups is 1. The van der Waals surface area contributed by atoms with Gasteiger partial charge in [0.15, 0.2) is 0 Å². The first-order valence-electron chi connectivity index (χ1n) is 14.9. The van der Waals surface area contributed by atoms with E-state index in [4.69, 9.17) is 0 Å². The summed E-state index contributed by atoms with van der Waals surface area (Å²) in [6, 6.07) is 7.97. The number of nitrogens with one attached hydrogen (secondary N) is 6. The molecule has 0 radical (unpaired) electrons. The number of benzene rings is 1. The zero-order valence-corrected chi connectivity index (χ0v) is 26.4. The largest absolute Gasteiger partial charge is 0.356 e. The van der Waals surface area contributed by atoms with Gasteiger partial charge in [-0.25, -0.2) is 0 Å². The molecule has 0 fully saturated rings. The van der Waals surface area contributed by atoms with E-state index in [0.29, 0.717) is 6.54 Å². The van der Waals surface area contributed by atoms with E-state index in [0.717, 1.165) is 22.6 Å². The second-order valence-corrected chi connectivity index (χ2v) is 11.8. The van der Waals surface area contributed by atoms with Gasteiger partial charge in [-0.15, -0.1) is 0 Å². The molecule has 6 N–H and O–H groups in total. The fourth-order valence-corrected chi connectivity index (χ4v) is 3.96. The van der Waals surface area contributed by atoms with Gasteiger partial charge in [0.2, 0.25) is 35.4 Å². The molecule has 1 heterocycles. The molecule has 0 saturated heterocycles. The average molecular weight is 642 g/mol. The smallest absolute Gasteiger partial charge is 0.253 e. The average Bonchev–Trinajstić information content (AvgIpc) is 3.33. The predicted molar refractivity (Wildman–Crippen MR) is 166 cm³/mol. The zero-order chi connectivity index (χ0) is 34.1. The van der Waals surface area contributed by atoms with Crippen LogP contribution in [-0.4, -0.2) is 97.5 Å². The third-order valence-corrected chi connectivity index (χ3v) is 6.43. The van der Waals surface area contributed by atoms with Gasteiger partial charge in [0.1, 0.15) is 6.04 Å². The highest BCUT2D eigenvalue weighted by molar-refractivity contribution is 6.13. The van der Waals surface area contributed by atoms with Crippen molar-refractivity contribution in [3.8, 4) is 0 Å². The van der Waals surface area contributed by atoms with Crippen molar-refractivity contribution in [2.75, 3.05) is 39.3 Å². The summed E-state index contributed by atoms with van der Waals surface area (Å²) < 4.78 is 0. The molecular formula is C31H43N7O8. The summed E-state index contributed by atoms with van der Waals surface area (Å²) in [5.74, 6) is -3.96. The Morgan fingerprint density at radius 2 is 1.26 bits per heavy atom. The number of nitrogens with zero attached hydrogens (tertiary/aromatic N) is 1. The molecule has 1 atom stereocenters. The maximum absolute atomic E-state index is 12.9. The van der Waals surface area contributed by atoms with E-state index in [1.165, 1.54) is 0 Å². The lowest BCUT2D eigenvalue weighted by atomic mass is 9.97. The Balaban J connectivity index is 1.68. The summed E-state index contributed by atoms with van der Waals surface area (Å²) in [7, 11) is 0. The number of carbonyl (C=O) groups excluding carboxylic acids is 8. The minimum absolute atomic E-state index is 0.0194. The molecule has 8 amide bonds. The van der Waals surface area contributed by atoms with Crippen LogP contribution in [0.1, 0.15) is 45.6 Å². The van der Waals surface area contributed by atoms with Gasteiger partial charge in [-0.1, -0.05) is 51.1 Å². The molecule has 1 aliphatic heterocycles. The van der Waals surface area contributed by atoms with E-state index in [9.17, 15) is 38.4 Å². The van der Waals surface area contributed by atoms with Crippen LogP contribution in [0.3, 0.4) is 0 Å². The van der Waals surface area contributed by atoms with Gasteiger partial charge < -0.3 is 31.9 Å². The Labute approximate surface area is 267 Å². The molecule has 1 aromatic carbocycles. The summed E-state index contributed by atoms with van der Waals surface area (Å²) in [5.41, 5.74) is 0.649. The molecule has 1 unspecified atom stereocenters. The molecular weight excluding hydrogens is 598 g/mol. The minimum Gasteiger partial charge on any atom is -0.356 e. The number of hydrogen-bond acceptors (Lipinski definition) is 8. The van der Waals surface area contributed by atoms with E-state index in [1.807, 2.05) is 26.8 Å². The van der Waals surface area contributed by atoms with Gasteiger partial charge in [-0.2, -0.15) is 0 Å². The fraction of sp³-hybridized carbons (Fsp3) is 0.484. The number of carbonyl (C=O) groups is 8. The van der Waals surface area contributed by atoms with Gasteiger partial charge in [0, 0.05) is 51.0 Å². The van der Waals surface area contributed by atoms with Crippen LogP contribution in [0.25, 0.3) is 0 Å². The van der Waals surface area contributed by atoms with Crippen molar-refractivity contribution in [3.05, 3.63) is 48.0 Å². The third kappa shape index (κ3) is 15.1. The number of amides is 8. The maximum Gasteiger partial charge on any atom is 0.253 e. The Kier molecular flexibility index (Phi) is 15.1. The molecule has 1 aliphatic rings. The van der Waals surface area contributed by atoms with E-state index >= 15 is 0 Å². The topological polar surface area (TPSA) is 212 Å². The minimum atomic E-state index is -1.01. The molecule has 15 nitrogen and oxygen atoms in total. The maximum atomic E-state index is 12.9. The van der Waals surface area contributed by atoms with E-state index in [-0.39, 0.29) is 69.1 Å². The van der Waals surface area contributed by atoms with Crippen molar-refractivity contribution in [1.82, 2.24) is 36.8 Å². The quantitative estimate of drug-likeness (QED) is 0.0813. The van der Waals surface area contributed by atoms with Gasteiger partial charge in [0.25, 0.3) is 11.8 Å². The van der Waals surface area contributed by atoms with Crippen LogP contribution in [0.5, 0.6) is 0 Å².